The number of nitrogen functional groups attached to an aromatic ring is 1. The third-order valence-electron chi connectivity index (χ3n) is 2.10. The van der Waals surface area contributed by atoms with Crippen molar-refractivity contribution in [1.29, 1.82) is 0 Å². The van der Waals surface area contributed by atoms with Gasteiger partial charge < -0.3 is 5.73 Å². The van der Waals surface area contributed by atoms with Gasteiger partial charge in [0.1, 0.15) is 6.33 Å². The van der Waals surface area contributed by atoms with Crippen molar-refractivity contribution in [3.05, 3.63) is 30.1 Å². The molecule has 0 radical (unpaired) electrons. The first kappa shape index (κ1) is 9.39. The summed E-state index contributed by atoms with van der Waals surface area (Å²) >= 11 is 0. The summed E-state index contributed by atoms with van der Waals surface area (Å²) in [5.74, 6) is 0.506. The third kappa shape index (κ3) is 1.59. The Morgan fingerprint density at radius 2 is 2.27 bits per heavy atom. The summed E-state index contributed by atoms with van der Waals surface area (Å²) < 4.78 is 1.58. The normalized spacial score (nSPS) is 10.2. The number of nitrogens with two attached hydrogens (primary N) is 1. The summed E-state index contributed by atoms with van der Waals surface area (Å²) in [7, 11) is 1.77. The van der Waals surface area contributed by atoms with Gasteiger partial charge in [-0.2, -0.15) is 5.10 Å². The minimum Gasteiger partial charge on any atom is -0.398 e. The van der Waals surface area contributed by atoms with Crippen LogP contribution in [0.25, 0.3) is 11.4 Å². The molecular formula is C10H10N4O. The van der Waals surface area contributed by atoms with E-state index >= 15 is 0 Å². The zero-order valence-electron chi connectivity index (χ0n) is 8.21. The van der Waals surface area contributed by atoms with Crippen molar-refractivity contribution in [1.82, 2.24) is 14.8 Å². The number of benzene rings is 1. The minimum absolute atomic E-state index is 0.434. The Kier molecular flexibility index (Phi) is 2.21. The quantitative estimate of drug-likeness (QED) is 0.579. The van der Waals surface area contributed by atoms with Gasteiger partial charge in [0.15, 0.2) is 12.1 Å². The van der Waals surface area contributed by atoms with E-state index in [-0.39, 0.29) is 0 Å². The summed E-state index contributed by atoms with van der Waals surface area (Å²) in [5.41, 5.74) is 7.21. The molecule has 5 heteroatoms. The van der Waals surface area contributed by atoms with E-state index in [2.05, 4.69) is 10.1 Å². The van der Waals surface area contributed by atoms with Crippen molar-refractivity contribution in [2.24, 2.45) is 7.05 Å². The van der Waals surface area contributed by atoms with Crippen LogP contribution in [0.2, 0.25) is 0 Å². The summed E-state index contributed by atoms with van der Waals surface area (Å²) in [5, 5.41) is 4.12. The second-order valence-corrected chi connectivity index (χ2v) is 3.17. The fraction of sp³-hybridized carbons (Fsp3) is 0.100. The lowest BCUT2D eigenvalue weighted by molar-refractivity contribution is 0.112. The van der Waals surface area contributed by atoms with Crippen molar-refractivity contribution in [3.8, 4) is 11.4 Å². The van der Waals surface area contributed by atoms with Gasteiger partial charge in [-0.1, -0.05) is 12.1 Å². The summed E-state index contributed by atoms with van der Waals surface area (Å²) in [4.78, 5) is 15.0. The van der Waals surface area contributed by atoms with Crippen LogP contribution in [0.4, 0.5) is 5.69 Å². The summed E-state index contributed by atoms with van der Waals surface area (Å²) in [6.45, 7) is 0. The van der Waals surface area contributed by atoms with Crippen LogP contribution in [0.3, 0.4) is 0 Å². The monoisotopic (exact) mass is 202 g/mol. The molecule has 0 bridgehead atoms. The topological polar surface area (TPSA) is 73.8 Å². The molecule has 0 fully saturated rings. The molecule has 2 rings (SSSR count). The molecule has 15 heavy (non-hydrogen) atoms. The largest absolute Gasteiger partial charge is 0.398 e. The van der Waals surface area contributed by atoms with Crippen molar-refractivity contribution >= 4 is 12.0 Å². The minimum atomic E-state index is 0.434. The van der Waals surface area contributed by atoms with Gasteiger partial charge in [-0.25, -0.2) is 4.98 Å². The van der Waals surface area contributed by atoms with Crippen LogP contribution in [-0.2, 0) is 7.05 Å². The van der Waals surface area contributed by atoms with E-state index < -0.39 is 0 Å². The number of hydrogen-bond donors (Lipinski definition) is 1. The number of aldehydes is 1. The molecule has 1 aromatic carbocycles. The first-order valence-electron chi connectivity index (χ1n) is 4.42. The number of rotatable bonds is 2. The molecule has 0 unspecified atom stereocenters. The van der Waals surface area contributed by atoms with E-state index in [0.717, 1.165) is 6.29 Å². The Morgan fingerprint density at radius 1 is 1.47 bits per heavy atom. The lowest BCUT2D eigenvalue weighted by Gasteiger charge is -2.02. The van der Waals surface area contributed by atoms with Gasteiger partial charge in [-0.05, 0) is 6.07 Å². The molecule has 1 heterocycles. The van der Waals surface area contributed by atoms with Crippen LogP contribution in [0, 0.1) is 0 Å². The lowest BCUT2D eigenvalue weighted by atomic mass is 10.1. The van der Waals surface area contributed by atoms with Crippen molar-refractivity contribution in [3.63, 3.8) is 0 Å². The van der Waals surface area contributed by atoms with Crippen LogP contribution in [0.1, 0.15) is 10.4 Å². The fourth-order valence-electron chi connectivity index (χ4n) is 1.37. The first-order valence-corrected chi connectivity index (χ1v) is 4.42. The molecule has 5 nitrogen and oxygen atoms in total. The molecule has 1 aromatic heterocycles. The molecule has 2 N–H and O–H groups in total. The maximum absolute atomic E-state index is 10.9. The van der Waals surface area contributed by atoms with Gasteiger partial charge in [-0.15, -0.1) is 0 Å². The molecule has 0 amide bonds. The molecule has 0 aliphatic rings. The van der Waals surface area contributed by atoms with Gasteiger partial charge in [-0.3, -0.25) is 9.48 Å². The Balaban J connectivity index is 2.62. The number of hydrogen-bond acceptors (Lipinski definition) is 4. The highest BCUT2D eigenvalue weighted by Gasteiger charge is 2.10. The van der Waals surface area contributed by atoms with E-state index in [1.807, 2.05) is 0 Å². The van der Waals surface area contributed by atoms with Gasteiger partial charge in [0.25, 0.3) is 0 Å². The Bertz CT molecular complexity index is 504. The smallest absolute Gasteiger partial charge is 0.181 e. The van der Waals surface area contributed by atoms with Gasteiger partial charge in [0, 0.05) is 23.9 Å². The second kappa shape index (κ2) is 3.53. The van der Waals surface area contributed by atoms with Gasteiger partial charge in [0.2, 0.25) is 0 Å². The molecule has 0 atom stereocenters. The van der Waals surface area contributed by atoms with Crippen LogP contribution < -0.4 is 5.73 Å². The molecule has 0 saturated carbocycles. The van der Waals surface area contributed by atoms with Crippen LogP contribution in [0.15, 0.2) is 24.5 Å². The second-order valence-electron chi connectivity index (χ2n) is 3.17. The maximum Gasteiger partial charge on any atom is 0.181 e. The number of nitrogens with zero attached hydrogens (tertiary/aromatic N) is 3. The zero-order valence-corrected chi connectivity index (χ0v) is 8.21. The van der Waals surface area contributed by atoms with E-state index in [9.17, 15) is 4.79 Å². The Morgan fingerprint density at radius 3 is 2.87 bits per heavy atom. The molecule has 0 saturated heterocycles. The van der Waals surface area contributed by atoms with Gasteiger partial charge >= 0.3 is 0 Å². The average molecular weight is 202 g/mol. The van der Waals surface area contributed by atoms with E-state index in [0.29, 0.717) is 22.6 Å². The molecular weight excluding hydrogens is 192 g/mol. The lowest BCUT2D eigenvalue weighted by Crippen LogP contribution is -1.97. The molecule has 0 spiro atoms. The maximum atomic E-state index is 10.9. The summed E-state index contributed by atoms with van der Waals surface area (Å²) in [6, 6.07) is 5.22. The van der Waals surface area contributed by atoms with Gasteiger partial charge in [0.05, 0.1) is 0 Å². The fourth-order valence-corrected chi connectivity index (χ4v) is 1.37. The number of carbonyl (C=O) groups is 1. The van der Waals surface area contributed by atoms with Crippen molar-refractivity contribution < 1.29 is 4.79 Å². The predicted molar refractivity (Wildman–Crippen MR) is 56.2 cm³/mol. The summed E-state index contributed by atoms with van der Waals surface area (Å²) in [6.07, 6.45) is 2.30. The first-order chi connectivity index (χ1) is 7.22. The SMILES string of the molecule is Cn1cnc(-c2cccc(N)c2C=O)n1. The van der Waals surface area contributed by atoms with Crippen LogP contribution >= 0.6 is 0 Å². The number of anilines is 1. The van der Waals surface area contributed by atoms with Crippen molar-refractivity contribution in [2.45, 2.75) is 0 Å². The van der Waals surface area contributed by atoms with E-state index in [1.54, 1.807) is 36.3 Å². The van der Waals surface area contributed by atoms with Crippen molar-refractivity contribution in [2.75, 3.05) is 5.73 Å². The zero-order chi connectivity index (χ0) is 10.8. The predicted octanol–water partition coefficient (Wildman–Crippen LogP) is 0.877. The average Bonchev–Trinajstić information content (AvgIpc) is 2.64. The molecule has 0 aliphatic heterocycles. The number of carbonyl (C=O) groups excluding carboxylic acids is 1. The highest BCUT2D eigenvalue weighted by molar-refractivity contribution is 5.92. The number of aryl methyl sites for hydroxylation is 1. The molecule has 2 aromatic rings. The van der Waals surface area contributed by atoms with Crippen LogP contribution in [-0.4, -0.2) is 21.1 Å². The standard InChI is InChI=1S/C10H10N4O/c1-14-6-12-10(13-14)7-3-2-4-9(11)8(7)5-15/h2-6H,11H2,1H3. The number of aromatic nitrogens is 3. The Hall–Kier alpha value is -2.17. The third-order valence-corrected chi connectivity index (χ3v) is 2.10. The van der Waals surface area contributed by atoms with E-state index in [4.69, 9.17) is 5.73 Å². The van der Waals surface area contributed by atoms with E-state index in [1.165, 1.54) is 0 Å². The molecule has 0 aliphatic carbocycles. The highest BCUT2D eigenvalue weighted by Crippen LogP contribution is 2.22. The highest BCUT2D eigenvalue weighted by atomic mass is 16.1. The molecule has 76 valence electrons. The Labute approximate surface area is 86.5 Å². The van der Waals surface area contributed by atoms with Crippen LogP contribution in [0.5, 0.6) is 0 Å².